The number of anilines is 1. The molecule has 2 aromatic carbocycles. The third-order valence-electron chi connectivity index (χ3n) is 3.00. The van der Waals surface area contributed by atoms with E-state index in [1.54, 1.807) is 0 Å². The Kier molecular flexibility index (Phi) is 5.62. The average molecular weight is 376 g/mol. The summed E-state index contributed by atoms with van der Waals surface area (Å²) in [6, 6.07) is 9.81. The van der Waals surface area contributed by atoms with Crippen LogP contribution in [0.2, 0.25) is 10.0 Å². The molecule has 2 rings (SSSR count). The van der Waals surface area contributed by atoms with E-state index in [1.807, 2.05) is 0 Å². The van der Waals surface area contributed by atoms with E-state index in [4.69, 9.17) is 23.2 Å². The number of rotatable bonds is 5. The monoisotopic (exact) mass is 375 g/mol. The SMILES string of the molecule is O=C(CCS(=O)(=O)c1ccc(Cl)cc1)Nc1cccc(Cl)c1F. The first-order valence-corrected chi connectivity index (χ1v) is 8.92. The first kappa shape index (κ1) is 17.7. The molecule has 2 aromatic rings. The van der Waals surface area contributed by atoms with Gasteiger partial charge in [0, 0.05) is 11.4 Å². The van der Waals surface area contributed by atoms with Crippen LogP contribution in [0.5, 0.6) is 0 Å². The maximum absolute atomic E-state index is 13.7. The summed E-state index contributed by atoms with van der Waals surface area (Å²) in [7, 11) is -3.62. The van der Waals surface area contributed by atoms with E-state index < -0.39 is 27.3 Å². The van der Waals surface area contributed by atoms with Gasteiger partial charge >= 0.3 is 0 Å². The molecule has 0 aliphatic carbocycles. The van der Waals surface area contributed by atoms with Crippen molar-refractivity contribution in [1.29, 1.82) is 0 Å². The number of hydrogen-bond acceptors (Lipinski definition) is 3. The summed E-state index contributed by atoms with van der Waals surface area (Å²) in [4.78, 5) is 11.9. The number of nitrogens with one attached hydrogen (secondary N) is 1. The summed E-state index contributed by atoms with van der Waals surface area (Å²) in [5.74, 6) is -1.78. The molecule has 122 valence electrons. The van der Waals surface area contributed by atoms with Crippen molar-refractivity contribution in [2.45, 2.75) is 11.3 Å². The van der Waals surface area contributed by atoms with Gasteiger partial charge in [0.15, 0.2) is 15.7 Å². The predicted molar refractivity (Wildman–Crippen MR) is 88.2 cm³/mol. The lowest BCUT2D eigenvalue weighted by Crippen LogP contribution is -2.18. The maximum Gasteiger partial charge on any atom is 0.225 e. The standard InChI is InChI=1S/C15H12Cl2FNO3S/c16-10-4-6-11(7-5-10)23(21,22)9-8-14(20)19-13-3-1-2-12(17)15(13)18/h1-7H,8-9H2,(H,19,20). The lowest BCUT2D eigenvalue weighted by Gasteiger charge is -2.08. The van der Waals surface area contributed by atoms with E-state index >= 15 is 0 Å². The predicted octanol–water partition coefficient (Wildman–Crippen LogP) is 3.94. The van der Waals surface area contributed by atoms with E-state index in [9.17, 15) is 17.6 Å². The lowest BCUT2D eigenvalue weighted by atomic mass is 10.3. The fraction of sp³-hybridized carbons (Fsp3) is 0.133. The molecular weight excluding hydrogens is 364 g/mol. The molecule has 0 aliphatic heterocycles. The van der Waals surface area contributed by atoms with E-state index in [-0.39, 0.29) is 22.0 Å². The highest BCUT2D eigenvalue weighted by Crippen LogP contribution is 2.22. The van der Waals surface area contributed by atoms with Gasteiger partial charge in [0.25, 0.3) is 0 Å². The molecule has 0 fully saturated rings. The first-order valence-electron chi connectivity index (χ1n) is 6.52. The molecule has 0 heterocycles. The molecule has 4 nitrogen and oxygen atoms in total. The quantitative estimate of drug-likeness (QED) is 0.860. The Balaban J connectivity index is 2.01. The molecule has 8 heteroatoms. The minimum absolute atomic E-state index is 0.0728. The fourth-order valence-corrected chi connectivity index (χ4v) is 3.34. The molecule has 0 radical (unpaired) electrons. The topological polar surface area (TPSA) is 63.2 Å². The van der Waals surface area contributed by atoms with Gasteiger partial charge in [-0.05, 0) is 36.4 Å². The highest BCUT2D eigenvalue weighted by molar-refractivity contribution is 7.91. The fourth-order valence-electron chi connectivity index (χ4n) is 1.80. The molecule has 0 saturated carbocycles. The van der Waals surface area contributed by atoms with Crippen molar-refractivity contribution in [3.63, 3.8) is 0 Å². The number of halogens is 3. The molecule has 0 atom stereocenters. The Morgan fingerprint density at radius 2 is 1.74 bits per heavy atom. The highest BCUT2D eigenvalue weighted by Gasteiger charge is 2.17. The Labute approximate surface area is 143 Å². The zero-order valence-corrected chi connectivity index (χ0v) is 14.1. The average Bonchev–Trinajstić information content (AvgIpc) is 2.50. The number of amides is 1. The molecule has 0 unspecified atom stereocenters. The molecular formula is C15H12Cl2FNO3S. The van der Waals surface area contributed by atoms with Crippen LogP contribution in [0.4, 0.5) is 10.1 Å². The smallest absolute Gasteiger partial charge is 0.225 e. The van der Waals surface area contributed by atoms with E-state index in [1.165, 1.54) is 42.5 Å². The normalized spacial score (nSPS) is 11.3. The molecule has 0 saturated heterocycles. The number of carbonyl (C=O) groups excluding carboxylic acids is 1. The van der Waals surface area contributed by atoms with Gasteiger partial charge in [-0.25, -0.2) is 12.8 Å². The zero-order chi connectivity index (χ0) is 17.0. The van der Waals surface area contributed by atoms with Crippen molar-refractivity contribution >= 4 is 44.6 Å². The van der Waals surface area contributed by atoms with Crippen LogP contribution in [-0.2, 0) is 14.6 Å². The summed E-state index contributed by atoms with van der Waals surface area (Å²) in [5.41, 5.74) is -0.0913. The third kappa shape index (κ3) is 4.67. The van der Waals surface area contributed by atoms with Crippen LogP contribution in [-0.4, -0.2) is 20.1 Å². The van der Waals surface area contributed by atoms with Crippen molar-refractivity contribution in [1.82, 2.24) is 0 Å². The number of sulfone groups is 1. The zero-order valence-electron chi connectivity index (χ0n) is 11.7. The largest absolute Gasteiger partial charge is 0.324 e. The van der Waals surface area contributed by atoms with Crippen LogP contribution < -0.4 is 5.32 Å². The Morgan fingerprint density at radius 1 is 1.09 bits per heavy atom. The summed E-state index contributed by atoms with van der Waals surface area (Å²) in [6.07, 6.45) is -0.309. The van der Waals surface area contributed by atoms with Gasteiger partial charge in [-0.1, -0.05) is 29.3 Å². The van der Waals surface area contributed by atoms with Crippen molar-refractivity contribution in [2.24, 2.45) is 0 Å². The lowest BCUT2D eigenvalue weighted by molar-refractivity contribution is -0.115. The van der Waals surface area contributed by atoms with E-state index in [0.717, 1.165) is 0 Å². The molecule has 0 aromatic heterocycles. The van der Waals surface area contributed by atoms with Crippen LogP contribution in [0.25, 0.3) is 0 Å². The molecule has 1 amide bonds. The van der Waals surface area contributed by atoms with Crippen LogP contribution in [0.3, 0.4) is 0 Å². The summed E-state index contributed by atoms with van der Waals surface area (Å²) < 4.78 is 37.9. The number of benzene rings is 2. The second kappa shape index (κ2) is 7.29. The first-order chi connectivity index (χ1) is 10.8. The third-order valence-corrected chi connectivity index (χ3v) is 5.27. The van der Waals surface area contributed by atoms with Crippen molar-refractivity contribution in [3.8, 4) is 0 Å². The van der Waals surface area contributed by atoms with Gasteiger partial charge in [-0.2, -0.15) is 0 Å². The Bertz CT molecular complexity index is 823. The highest BCUT2D eigenvalue weighted by atomic mass is 35.5. The van der Waals surface area contributed by atoms with Gasteiger partial charge in [0.2, 0.25) is 5.91 Å². The molecule has 0 spiro atoms. The van der Waals surface area contributed by atoms with Crippen LogP contribution in [0.1, 0.15) is 6.42 Å². The minimum Gasteiger partial charge on any atom is -0.324 e. The summed E-state index contributed by atoms with van der Waals surface area (Å²) in [6.45, 7) is 0. The second-order valence-corrected chi connectivity index (χ2v) is 7.63. The van der Waals surface area contributed by atoms with Gasteiger partial charge < -0.3 is 5.32 Å². The van der Waals surface area contributed by atoms with Crippen molar-refractivity contribution < 1.29 is 17.6 Å². The Morgan fingerprint density at radius 3 is 2.39 bits per heavy atom. The molecule has 1 N–H and O–H groups in total. The number of hydrogen-bond donors (Lipinski definition) is 1. The van der Waals surface area contributed by atoms with E-state index in [0.29, 0.717) is 5.02 Å². The van der Waals surface area contributed by atoms with Gasteiger partial charge in [0.1, 0.15) is 0 Å². The summed E-state index contributed by atoms with van der Waals surface area (Å²) in [5, 5.41) is 2.59. The maximum atomic E-state index is 13.7. The Hall–Kier alpha value is -1.63. The van der Waals surface area contributed by atoms with Crippen LogP contribution in [0.15, 0.2) is 47.4 Å². The molecule has 0 aliphatic rings. The molecule has 0 bridgehead atoms. The minimum atomic E-state index is -3.62. The second-order valence-electron chi connectivity index (χ2n) is 4.67. The van der Waals surface area contributed by atoms with E-state index in [2.05, 4.69) is 5.32 Å². The van der Waals surface area contributed by atoms with Gasteiger partial charge in [0.05, 0.1) is 21.4 Å². The van der Waals surface area contributed by atoms with Crippen molar-refractivity contribution in [3.05, 3.63) is 58.3 Å². The van der Waals surface area contributed by atoms with Crippen LogP contribution in [0, 0.1) is 5.82 Å². The summed E-state index contributed by atoms with van der Waals surface area (Å²) >= 11 is 11.3. The van der Waals surface area contributed by atoms with Gasteiger partial charge in [-0.3, -0.25) is 4.79 Å². The number of carbonyl (C=O) groups is 1. The van der Waals surface area contributed by atoms with Gasteiger partial charge in [-0.15, -0.1) is 0 Å². The van der Waals surface area contributed by atoms with Crippen LogP contribution >= 0.6 is 23.2 Å². The molecule has 23 heavy (non-hydrogen) atoms. The van der Waals surface area contributed by atoms with Crippen molar-refractivity contribution in [2.75, 3.05) is 11.1 Å².